The lowest BCUT2D eigenvalue weighted by atomic mass is 9.90. The fraction of sp³-hybridized carbons (Fsp3) is 0.286. The number of carbonyl (C=O) groups is 3. The number of ether oxygens (including phenoxy) is 1. The van der Waals surface area contributed by atoms with E-state index in [1.165, 1.54) is 30.9 Å². The molecule has 1 amide bonds. The van der Waals surface area contributed by atoms with Crippen molar-refractivity contribution in [2.75, 3.05) is 18.1 Å². The molecule has 1 aliphatic rings. The van der Waals surface area contributed by atoms with Crippen LogP contribution in [0.4, 0.5) is 5.69 Å². The van der Waals surface area contributed by atoms with E-state index in [1.54, 1.807) is 24.3 Å². The van der Waals surface area contributed by atoms with Crippen LogP contribution in [0.25, 0.3) is 0 Å². The van der Waals surface area contributed by atoms with Crippen LogP contribution in [0.15, 0.2) is 36.4 Å². The summed E-state index contributed by atoms with van der Waals surface area (Å²) in [5, 5.41) is 11.3. The highest BCUT2D eigenvalue weighted by Gasteiger charge is 2.51. The maximum Gasteiger partial charge on any atom is 0.264 e. The zero-order valence-electron chi connectivity index (χ0n) is 15.9. The van der Waals surface area contributed by atoms with Crippen molar-refractivity contribution in [1.29, 1.82) is 0 Å². The summed E-state index contributed by atoms with van der Waals surface area (Å²) in [6, 6.07) is 9.61. The van der Waals surface area contributed by atoms with Gasteiger partial charge in [0.05, 0.1) is 22.3 Å². The molecule has 0 fully saturated rings. The Hall–Kier alpha value is -2.41. The van der Waals surface area contributed by atoms with E-state index in [2.05, 4.69) is 0 Å². The van der Waals surface area contributed by atoms with Gasteiger partial charge in [-0.25, -0.2) is 0 Å². The quantitative estimate of drug-likeness (QED) is 0.668. The van der Waals surface area contributed by atoms with Crippen molar-refractivity contribution in [2.45, 2.75) is 25.9 Å². The van der Waals surface area contributed by atoms with Gasteiger partial charge in [0.15, 0.2) is 11.4 Å². The monoisotopic (exact) mass is 435 g/mol. The fourth-order valence-electron chi connectivity index (χ4n) is 3.36. The van der Waals surface area contributed by atoms with E-state index in [1.807, 2.05) is 0 Å². The second kappa shape index (κ2) is 8.14. The molecule has 0 bridgehead atoms. The van der Waals surface area contributed by atoms with Crippen LogP contribution in [0.2, 0.25) is 10.0 Å². The van der Waals surface area contributed by atoms with E-state index in [9.17, 15) is 19.5 Å². The average Bonchev–Trinajstić information content (AvgIpc) is 2.86. The molecule has 29 heavy (non-hydrogen) atoms. The summed E-state index contributed by atoms with van der Waals surface area (Å²) < 4.78 is 5.66. The van der Waals surface area contributed by atoms with Crippen molar-refractivity contribution in [3.05, 3.63) is 57.6 Å². The van der Waals surface area contributed by atoms with Crippen molar-refractivity contribution < 1.29 is 24.2 Å². The van der Waals surface area contributed by atoms with Crippen LogP contribution in [-0.2, 0) is 15.2 Å². The minimum Gasteiger partial charge on any atom is -0.492 e. The Morgan fingerprint density at radius 2 is 1.76 bits per heavy atom. The number of carbonyl (C=O) groups excluding carboxylic acids is 3. The van der Waals surface area contributed by atoms with Gasteiger partial charge in [-0.15, -0.1) is 0 Å². The van der Waals surface area contributed by atoms with Crippen LogP contribution in [0, 0.1) is 0 Å². The van der Waals surface area contributed by atoms with Crippen LogP contribution in [0.3, 0.4) is 0 Å². The number of hydrogen-bond acceptors (Lipinski definition) is 5. The Balaban J connectivity index is 1.82. The molecular weight excluding hydrogens is 417 g/mol. The van der Waals surface area contributed by atoms with Gasteiger partial charge < -0.3 is 14.7 Å². The highest BCUT2D eigenvalue weighted by Crippen LogP contribution is 2.48. The van der Waals surface area contributed by atoms with Crippen LogP contribution in [0.1, 0.15) is 36.2 Å². The molecule has 0 aliphatic carbocycles. The third-order valence-corrected chi connectivity index (χ3v) is 5.53. The molecule has 0 saturated heterocycles. The van der Waals surface area contributed by atoms with Crippen molar-refractivity contribution in [1.82, 2.24) is 0 Å². The molecule has 0 spiro atoms. The Morgan fingerprint density at radius 3 is 2.34 bits per heavy atom. The number of aliphatic hydroxyl groups is 1. The first kappa shape index (κ1) is 21.3. The largest absolute Gasteiger partial charge is 0.492 e. The van der Waals surface area contributed by atoms with Gasteiger partial charge >= 0.3 is 0 Å². The van der Waals surface area contributed by atoms with E-state index < -0.39 is 11.5 Å². The van der Waals surface area contributed by atoms with Crippen LogP contribution in [-0.4, -0.2) is 35.7 Å². The third kappa shape index (κ3) is 4.01. The predicted molar refractivity (Wildman–Crippen MR) is 110 cm³/mol. The molecule has 1 heterocycles. The number of ketones is 2. The van der Waals surface area contributed by atoms with Gasteiger partial charge in [-0.1, -0.05) is 29.3 Å². The zero-order valence-corrected chi connectivity index (χ0v) is 17.4. The summed E-state index contributed by atoms with van der Waals surface area (Å²) in [6.45, 7) is 2.96. The van der Waals surface area contributed by atoms with Crippen molar-refractivity contribution in [3.63, 3.8) is 0 Å². The Morgan fingerprint density at radius 1 is 1.10 bits per heavy atom. The van der Waals surface area contributed by atoms with Crippen molar-refractivity contribution in [2.24, 2.45) is 0 Å². The number of amides is 1. The Bertz CT molecular complexity index is 989. The maximum atomic E-state index is 13.0. The Labute approximate surface area is 178 Å². The highest BCUT2D eigenvalue weighted by molar-refractivity contribution is 6.44. The third-order valence-electron chi connectivity index (χ3n) is 4.73. The van der Waals surface area contributed by atoms with Gasteiger partial charge in [0.1, 0.15) is 18.1 Å². The standard InChI is InChI=1S/C21H19Cl2NO5/c1-12(25)11-21(28)16-7-8-17(22)18(23)19(16)24(20(21)27)9-10-29-15-5-3-14(4-6-15)13(2)26/h3-8,28H,9-11H2,1-2H3. The molecule has 1 N–H and O–H groups in total. The first-order valence-corrected chi connectivity index (χ1v) is 9.67. The summed E-state index contributed by atoms with van der Waals surface area (Å²) in [5.41, 5.74) is -0.892. The summed E-state index contributed by atoms with van der Waals surface area (Å²) in [4.78, 5) is 37.3. The molecule has 2 aromatic rings. The SMILES string of the molecule is CC(=O)CC1(O)C(=O)N(CCOc2ccc(C(C)=O)cc2)c2c1ccc(Cl)c2Cl. The molecule has 0 saturated carbocycles. The zero-order chi connectivity index (χ0) is 21.3. The lowest BCUT2D eigenvalue weighted by Crippen LogP contribution is -2.43. The minimum absolute atomic E-state index is 0.0490. The number of halogens is 2. The number of anilines is 1. The molecule has 0 radical (unpaired) electrons. The second-order valence-corrected chi connectivity index (χ2v) is 7.67. The summed E-state index contributed by atoms with van der Waals surface area (Å²) in [6.07, 6.45) is -0.360. The van der Waals surface area contributed by atoms with E-state index in [0.717, 1.165) is 0 Å². The topological polar surface area (TPSA) is 83.9 Å². The summed E-state index contributed by atoms with van der Waals surface area (Å²) in [7, 11) is 0. The highest BCUT2D eigenvalue weighted by atomic mass is 35.5. The molecule has 6 nitrogen and oxygen atoms in total. The van der Waals surface area contributed by atoms with E-state index in [-0.39, 0.29) is 52.4 Å². The predicted octanol–water partition coefficient (Wildman–Crippen LogP) is 3.79. The van der Waals surface area contributed by atoms with Gasteiger partial charge in [-0.05, 0) is 44.2 Å². The van der Waals surface area contributed by atoms with Gasteiger partial charge in [0.25, 0.3) is 5.91 Å². The van der Waals surface area contributed by atoms with Gasteiger partial charge in [0.2, 0.25) is 0 Å². The number of benzene rings is 2. The van der Waals surface area contributed by atoms with E-state index in [4.69, 9.17) is 27.9 Å². The summed E-state index contributed by atoms with van der Waals surface area (Å²) >= 11 is 12.4. The number of rotatable bonds is 7. The lowest BCUT2D eigenvalue weighted by molar-refractivity contribution is -0.141. The minimum atomic E-state index is -1.99. The molecule has 1 atom stereocenters. The average molecular weight is 436 g/mol. The molecule has 2 aromatic carbocycles. The molecule has 152 valence electrons. The Kier molecular flexibility index (Phi) is 5.98. The van der Waals surface area contributed by atoms with Crippen molar-refractivity contribution in [3.8, 4) is 5.75 Å². The first-order valence-electron chi connectivity index (χ1n) is 8.91. The number of Topliss-reactive ketones (excluding diaryl/α,β-unsaturated/α-hetero) is 2. The molecule has 0 aromatic heterocycles. The number of hydrogen-bond donors (Lipinski definition) is 1. The molecule has 3 rings (SSSR count). The van der Waals surface area contributed by atoms with E-state index >= 15 is 0 Å². The normalized spacial score (nSPS) is 18.0. The lowest BCUT2D eigenvalue weighted by Gasteiger charge is -2.22. The van der Waals surface area contributed by atoms with Crippen LogP contribution < -0.4 is 9.64 Å². The number of nitrogens with zero attached hydrogens (tertiary/aromatic N) is 1. The molecule has 8 heteroatoms. The van der Waals surface area contributed by atoms with Gasteiger partial charge in [0, 0.05) is 17.5 Å². The van der Waals surface area contributed by atoms with Crippen LogP contribution in [0.5, 0.6) is 5.75 Å². The van der Waals surface area contributed by atoms with Gasteiger partial charge in [-0.3, -0.25) is 14.4 Å². The molecule has 1 aliphatic heterocycles. The number of fused-ring (bicyclic) bond motifs is 1. The smallest absolute Gasteiger partial charge is 0.264 e. The molecular formula is C21H19Cl2NO5. The van der Waals surface area contributed by atoms with Gasteiger partial charge in [-0.2, -0.15) is 0 Å². The maximum absolute atomic E-state index is 13.0. The first-order chi connectivity index (χ1) is 13.6. The van der Waals surface area contributed by atoms with Crippen molar-refractivity contribution >= 4 is 46.4 Å². The van der Waals surface area contributed by atoms with Crippen LogP contribution >= 0.6 is 23.2 Å². The summed E-state index contributed by atoms with van der Waals surface area (Å²) in [5.74, 6) is -0.505. The molecule has 1 unspecified atom stereocenters. The second-order valence-electron chi connectivity index (χ2n) is 6.88. The van der Waals surface area contributed by atoms with E-state index in [0.29, 0.717) is 11.3 Å². The fourth-order valence-corrected chi connectivity index (χ4v) is 3.78.